The zero-order chi connectivity index (χ0) is 12.0. The van der Waals surface area contributed by atoms with Gasteiger partial charge in [-0.25, -0.2) is 9.37 Å². The van der Waals surface area contributed by atoms with Crippen LogP contribution in [-0.4, -0.2) is 21.0 Å². The van der Waals surface area contributed by atoms with E-state index < -0.39 is 17.2 Å². The molecule has 1 aliphatic carbocycles. The molecular weight excluding hydrogens is 223 g/mol. The Hall–Kier alpha value is -1.91. The number of carboxylic acid groups (broad SMARTS) is 1. The van der Waals surface area contributed by atoms with Gasteiger partial charge in [0.1, 0.15) is 16.8 Å². The Kier molecular flexibility index (Phi) is 1.98. The van der Waals surface area contributed by atoms with E-state index in [1.807, 2.05) is 0 Å². The summed E-state index contributed by atoms with van der Waals surface area (Å²) < 4.78 is 13.5. The Bertz CT molecular complexity index is 602. The average molecular weight is 234 g/mol. The minimum Gasteiger partial charge on any atom is -0.480 e. The molecule has 0 spiro atoms. The molecule has 4 nitrogen and oxygen atoms in total. The second kappa shape index (κ2) is 3.29. The van der Waals surface area contributed by atoms with Gasteiger partial charge in [-0.2, -0.15) is 0 Å². The summed E-state index contributed by atoms with van der Waals surface area (Å²) in [7, 11) is 0. The summed E-state index contributed by atoms with van der Waals surface area (Å²) in [4.78, 5) is 18.4. The maximum atomic E-state index is 13.5. The Balaban J connectivity index is 2.18. The fourth-order valence-electron chi connectivity index (χ4n) is 2.31. The third-order valence-corrected chi connectivity index (χ3v) is 3.53. The van der Waals surface area contributed by atoms with E-state index in [0.29, 0.717) is 24.2 Å². The van der Waals surface area contributed by atoms with E-state index in [1.165, 1.54) is 6.07 Å². The second-order valence-corrected chi connectivity index (χ2v) is 4.46. The number of halogens is 1. The first-order valence-electron chi connectivity index (χ1n) is 5.52. The number of nitrogens with one attached hydrogen (secondary N) is 1. The zero-order valence-electron chi connectivity index (χ0n) is 9.03. The van der Waals surface area contributed by atoms with Crippen LogP contribution >= 0.6 is 0 Å². The number of hydrogen-bond acceptors (Lipinski definition) is 2. The summed E-state index contributed by atoms with van der Waals surface area (Å²) >= 11 is 0. The lowest BCUT2D eigenvalue weighted by atomic mass is 9.68. The number of carboxylic acids is 1. The lowest BCUT2D eigenvalue weighted by Crippen LogP contribution is -2.43. The fraction of sp³-hybridized carbons (Fsp3) is 0.333. The molecule has 1 aromatic carbocycles. The molecule has 1 heterocycles. The van der Waals surface area contributed by atoms with Gasteiger partial charge in [0.25, 0.3) is 0 Å². The minimum absolute atomic E-state index is 0.218. The van der Waals surface area contributed by atoms with Gasteiger partial charge in [-0.1, -0.05) is 12.5 Å². The van der Waals surface area contributed by atoms with Crippen molar-refractivity contribution in [3.63, 3.8) is 0 Å². The minimum atomic E-state index is -0.939. The first-order valence-corrected chi connectivity index (χ1v) is 5.52. The number of aromatic amines is 1. The number of imidazole rings is 1. The molecule has 2 aromatic rings. The highest BCUT2D eigenvalue weighted by molar-refractivity contribution is 5.84. The summed E-state index contributed by atoms with van der Waals surface area (Å²) in [5.41, 5.74) is -0.173. The van der Waals surface area contributed by atoms with Crippen molar-refractivity contribution < 1.29 is 14.3 Å². The van der Waals surface area contributed by atoms with Crippen molar-refractivity contribution in [2.75, 3.05) is 0 Å². The van der Waals surface area contributed by atoms with Gasteiger partial charge in [0.15, 0.2) is 5.82 Å². The van der Waals surface area contributed by atoms with Crippen molar-refractivity contribution in [3.8, 4) is 0 Å². The van der Waals surface area contributed by atoms with Crippen LogP contribution in [-0.2, 0) is 10.2 Å². The van der Waals surface area contributed by atoms with Gasteiger partial charge in [0.05, 0.1) is 5.52 Å². The smallest absolute Gasteiger partial charge is 0.317 e. The van der Waals surface area contributed by atoms with Crippen molar-refractivity contribution in [1.29, 1.82) is 0 Å². The highest BCUT2D eigenvalue weighted by atomic mass is 19.1. The molecule has 3 rings (SSSR count). The van der Waals surface area contributed by atoms with Crippen molar-refractivity contribution in [1.82, 2.24) is 9.97 Å². The lowest BCUT2D eigenvalue weighted by molar-refractivity contribution is -0.147. The molecule has 1 aliphatic rings. The summed E-state index contributed by atoms with van der Waals surface area (Å²) in [6.07, 6.45) is 1.99. The summed E-state index contributed by atoms with van der Waals surface area (Å²) in [5, 5.41) is 9.28. The number of fused-ring (bicyclic) bond motifs is 1. The second-order valence-electron chi connectivity index (χ2n) is 4.46. The van der Waals surface area contributed by atoms with Crippen LogP contribution in [0.3, 0.4) is 0 Å². The predicted octanol–water partition coefficient (Wildman–Crippen LogP) is 2.21. The van der Waals surface area contributed by atoms with Crippen LogP contribution in [0.4, 0.5) is 4.39 Å². The number of nitrogens with zero attached hydrogens (tertiary/aromatic N) is 1. The molecule has 0 aliphatic heterocycles. The third-order valence-electron chi connectivity index (χ3n) is 3.53. The number of carbonyl (C=O) groups is 1. The van der Waals surface area contributed by atoms with Gasteiger partial charge in [-0.15, -0.1) is 0 Å². The molecule has 2 N–H and O–H groups in total. The lowest BCUT2D eigenvalue weighted by Gasteiger charge is -2.35. The largest absolute Gasteiger partial charge is 0.480 e. The molecule has 0 amide bonds. The van der Waals surface area contributed by atoms with E-state index >= 15 is 0 Å². The van der Waals surface area contributed by atoms with Crippen molar-refractivity contribution in [2.45, 2.75) is 24.7 Å². The molecular formula is C12H11FN2O2. The van der Waals surface area contributed by atoms with Gasteiger partial charge in [-0.05, 0) is 25.0 Å². The first-order chi connectivity index (χ1) is 8.13. The molecule has 88 valence electrons. The highest BCUT2D eigenvalue weighted by Crippen LogP contribution is 2.43. The third kappa shape index (κ3) is 1.28. The van der Waals surface area contributed by atoms with Crippen LogP contribution in [0.5, 0.6) is 0 Å². The SMILES string of the molecule is O=C(O)C1(c2nc3c(F)cccc3[nH]2)CCC1. The highest BCUT2D eigenvalue weighted by Gasteiger charge is 2.48. The molecule has 0 unspecified atom stereocenters. The molecule has 1 fully saturated rings. The van der Waals surface area contributed by atoms with Gasteiger partial charge < -0.3 is 10.1 Å². The van der Waals surface area contributed by atoms with Crippen molar-refractivity contribution in [2.24, 2.45) is 0 Å². The number of aromatic nitrogens is 2. The molecule has 1 saturated carbocycles. The number of benzene rings is 1. The molecule has 0 saturated heterocycles. The van der Waals surface area contributed by atoms with Gasteiger partial charge in [0, 0.05) is 0 Å². The molecule has 0 bridgehead atoms. The first kappa shape index (κ1) is 10.3. The van der Waals surface area contributed by atoms with Crippen LogP contribution < -0.4 is 0 Å². The normalized spacial score (nSPS) is 17.9. The van der Waals surface area contributed by atoms with Crippen molar-refractivity contribution >= 4 is 17.0 Å². The zero-order valence-corrected chi connectivity index (χ0v) is 9.03. The topological polar surface area (TPSA) is 66.0 Å². The molecule has 5 heteroatoms. The fourth-order valence-corrected chi connectivity index (χ4v) is 2.31. The number of para-hydroxylation sites is 1. The average Bonchev–Trinajstić information content (AvgIpc) is 2.60. The standard InChI is InChI=1S/C12H11FN2O2/c13-7-3-1-4-8-9(7)15-10(14-8)12(11(16)17)5-2-6-12/h1,3-4H,2,5-6H2,(H,14,15)(H,16,17). The van der Waals surface area contributed by atoms with Crippen LogP contribution in [0.2, 0.25) is 0 Å². The monoisotopic (exact) mass is 234 g/mol. The summed E-state index contributed by atoms with van der Waals surface area (Å²) in [5.74, 6) is -0.940. The number of rotatable bonds is 2. The molecule has 17 heavy (non-hydrogen) atoms. The molecule has 0 radical (unpaired) electrons. The van der Waals surface area contributed by atoms with E-state index in [0.717, 1.165) is 6.42 Å². The molecule has 0 atom stereocenters. The number of aliphatic carboxylic acids is 1. The van der Waals surface area contributed by atoms with Crippen LogP contribution in [0, 0.1) is 5.82 Å². The Morgan fingerprint density at radius 2 is 2.24 bits per heavy atom. The number of H-pyrrole nitrogens is 1. The Morgan fingerprint density at radius 1 is 1.47 bits per heavy atom. The van der Waals surface area contributed by atoms with E-state index in [4.69, 9.17) is 0 Å². The van der Waals surface area contributed by atoms with E-state index in [-0.39, 0.29) is 5.52 Å². The Morgan fingerprint density at radius 3 is 2.76 bits per heavy atom. The maximum absolute atomic E-state index is 13.5. The van der Waals surface area contributed by atoms with Gasteiger partial charge >= 0.3 is 5.97 Å². The van der Waals surface area contributed by atoms with Crippen LogP contribution in [0.25, 0.3) is 11.0 Å². The molecule has 1 aromatic heterocycles. The van der Waals surface area contributed by atoms with E-state index in [1.54, 1.807) is 12.1 Å². The van der Waals surface area contributed by atoms with Crippen molar-refractivity contribution in [3.05, 3.63) is 29.8 Å². The quantitative estimate of drug-likeness (QED) is 0.837. The van der Waals surface area contributed by atoms with Gasteiger partial charge in [0.2, 0.25) is 0 Å². The van der Waals surface area contributed by atoms with E-state index in [9.17, 15) is 14.3 Å². The van der Waals surface area contributed by atoms with Crippen LogP contribution in [0.15, 0.2) is 18.2 Å². The summed E-state index contributed by atoms with van der Waals surface area (Å²) in [6, 6.07) is 4.60. The summed E-state index contributed by atoms with van der Waals surface area (Å²) in [6.45, 7) is 0. The Labute approximate surface area is 96.5 Å². The van der Waals surface area contributed by atoms with Gasteiger partial charge in [-0.3, -0.25) is 4.79 Å². The number of hydrogen-bond donors (Lipinski definition) is 2. The van der Waals surface area contributed by atoms with E-state index in [2.05, 4.69) is 9.97 Å². The maximum Gasteiger partial charge on any atom is 0.317 e. The van der Waals surface area contributed by atoms with Crippen LogP contribution in [0.1, 0.15) is 25.1 Å². The predicted molar refractivity (Wildman–Crippen MR) is 59.2 cm³/mol.